The molecule has 6 nitrogen and oxygen atoms in total. The number of hydrogen-bond acceptors (Lipinski definition) is 5. The van der Waals surface area contributed by atoms with E-state index in [2.05, 4.69) is 52.4 Å². The molecule has 0 aliphatic rings. The minimum Gasteiger partial charge on any atom is -0.350 e. The molecule has 3 aromatic rings. The number of anilines is 1. The Morgan fingerprint density at radius 1 is 1.32 bits per heavy atom. The quantitative estimate of drug-likeness (QED) is 0.726. The molecule has 118 valence electrons. The lowest BCUT2D eigenvalue weighted by Gasteiger charge is -2.15. The summed E-state index contributed by atoms with van der Waals surface area (Å²) in [6.45, 7) is 8.44. The van der Waals surface area contributed by atoms with Gasteiger partial charge in [-0.25, -0.2) is 14.5 Å². The van der Waals surface area contributed by atoms with E-state index in [1.54, 1.807) is 11.3 Å². The van der Waals surface area contributed by atoms with Gasteiger partial charge in [-0.2, -0.15) is 0 Å². The number of hydrogen-bond donors (Lipinski definition) is 0. The van der Waals surface area contributed by atoms with E-state index in [1.165, 1.54) is 0 Å². The van der Waals surface area contributed by atoms with Crippen molar-refractivity contribution in [3.8, 4) is 0 Å². The number of aryl methyl sites for hydroxylation is 1. The summed E-state index contributed by atoms with van der Waals surface area (Å²) < 4.78 is 3.99. The summed E-state index contributed by atoms with van der Waals surface area (Å²) in [5.74, 6) is 0. The normalized spacial score (nSPS) is 12.2. The summed E-state index contributed by atoms with van der Waals surface area (Å²) in [5.41, 5.74) is 1.14. The predicted octanol–water partition coefficient (Wildman–Crippen LogP) is 2.81. The number of aromatic nitrogens is 5. The van der Waals surface area contributed by atoms with E-state index < -0.39 is 0 Å². The first kappa shape index (κ1) is 15.0. The summed E-state index contributed by atoms with van der Waals surface area (Å²) in [5, 5.41) is 5.65. The second kappa shape index (κ2) is 5.72. The fourth-order valence-corrected chi connectivity index (χ4v) is 3.08. The van der Waals surface area contributed by atoms with E-state index >= 15 is 0 Å². The Kier molecular flexibility index (Phi) is 3.90. The van der Waals surface area contributed by atoms with Gasteiger partial charge in [-0.1, -0.05) is 32.1 Å². The van der Waals surface area contributed by atoms with E-state index in [-0.39, 0.29) is 5.41 Å². The van der Waals surface area contributed by atoms with E-state index in [1.807, 2.05) is 29.4 Å². The van der Waals surface area contributed by atoms with Crippen molar-refractivity contribution in [2.24, 2.45) is 0 Å². The fraction of sp³-hybridized carbons (Fsp3) is 0.533. The highest BCUT2D eigenvalue weighted by molar-refractivity contribution is 7.20. The van der Waals surface area contributed by atoms with Gasteiger partial charge in [0, 0.05) is 37.9 Å². The van der Waals surface area contributed by atoms with Crippen LogP contribution in [0.15, 0.2) is 24.9 Å². The Morgan fingerprint density at radius 3 is 2.77 bits per heavy atom. The molecule has 3 rings (SSSR count). The van der Waals surface area contributed by atoms with Gasteiger partial charge in [0.25, 0.3) is 0 Å². The lowest BCUT2D eigenvalue weighted by molar-refractivity contribution is 0.572. The Labute approximate surface area is 134 Å². The SMILES string of the molecule is CN(CCCn1ccnc1)c1nn2cc(C(C)(C)C)nc2s1. The molecule has 0 spiro atoms. The van der Waals surface area contributed by atoms with Crippen LogP contribution in [0.4, 0.5) is 5.13 Å². The van der Waals surface area contributed by atoms with Crippen molar-refractivity contribution in [2.45, 2.75) is 39.2 Å². The monoisotopic (exact) mass is 318 g/mol. The first-order chi connectivity index (χ1) is 10.4. The number of rotatable bonds is 5. The molecule has 0 unspecified atom stereocenters. The zero-order valence-corrected chi connectivity index (χ0v) is 14.3. The minimum atomic E-state index is 0.0598. The van der Waals surface area contributed by atoms with Crippen LogP contribution in [-0.2, 0) is 12.0 Å². The minimum absolute atomic E-state index is 0.0598. The van der Waals surface area contributed by atoms with Gasteiger partial charge in [0.2, 0.25) is 10.1 Å². The van der Waals surface area contributed by atoms with Crippen molar-refractivity contribution in [3.05, 3.63) is 30.6 Å². The summed E-state index contributed by atoms with van der Waals surface area (Å²) >= 11 is 1.64. The topological polar surface area (TPSA) is 51.2 Å². The largest absolute Gasteiger partial charge is 0.350 e. The van der Waals surface area contributed by atoms with Crippen LogP contribution in [0.5, 0.6) is 0 Å². The van der Waals surface area contributed by atoms with Gasteiger partial charge in [0.15, 0.2) is 0 Å². The molecule has 0 N–H and O–H groups in total. The maximum absolute atomic E-state index is 4.69. The van der Waals surface area contributed by atoms with Gasteiger partial charge in [-0.05, 0) is 6.42 Å². The van der Waals surface area contributed by atoms with Crippen LogP contribution in [0, 0.1) is 0 Å². The Morgan fingerprint density at radius 2 is 2.14 bits per heavy atom. The molecule has 0 bridgehead atoms. The number of fused-ring (bicyclic) bond motifs is 1. The van der Waals surface area contributed by atoms with Crippen LogP contribution in [0.25, 0.3) is 4.96 Å². The predicted molar refractivity (Wildman–Crippen MR) is 89.7 cm³/mol. The molecule has 0 fully saturated rings. The van der Waals surface area contributed by atoms with Crippen LogP contribution < -0.4 is 4.90 Å². The van der Waals surface area contributed by atoms with Crippen molar-refractivity contribution < 1.29 is 0 Å². The van der Waals surface area contributed by atoms with Crippen molar-refractivity contribution in [3.63, 3.8) is 0 Å². The zero-order valence-electron chi connectivity index (χ0n) is 13.5. The fourth-order valence-electron chi connectivity index (χ4n) is 2.21. The highest BCUT2D eigenvalue weighted by Crippen LogP contribution is 2.27. The molecule has 0 aliphatic carbocycles. The average Bonchev–Trinajstić information content (AvgIpc) is 3.12. The summed E-state index contributed by atoms with van der Waals surface area (Å²) in [7, 11) is 2.08. The van der Waals surface area contributed by atoms with Gasteiger partial charge < -0.3 is 9.47 Å². The van der Waals surface area contributed by atoms with Crippen LogP contribution in [0.3, 0.4) is 0 Å². The molecule has 3 heterocycles. The third kappa shape index (κ3) is 3.14. The maximum atomic E-state index is 4.69. The van der Waals surface area contributed by atoms with Gasteiger partial charge in [0.05, 0.1) is 18.2 Å². The molecule has 0 saturated heterocycles. The molecule has 3 aromatic heterocycles. The van der Waals surface area contributed by atoms with Gasteiger partial charge in [-0.15, -0.1) is 5.10 Å². The number of nitrogens with zero attached hydrogens (tertiary/aromatic N) is 6. The molecule has 0 amide bonds. The number of imidazole rings is 2. The second-order valence-electron chi connectivity index (χ2n) is 6.56. The molecular weight excluding hydrogens is 296 g/mol. The molecule has 0 radical (unpaired) electrons. The molecule has 0 aromatic carbocycles. The van der Waals surface area contributed by atoms with Crippen molar-refractivity contribution >= 4 is 21.4 Å². The third-order valence-electron chi connectivity index (χ3n) is 3.60. The second-order valence-corrected chi connectivity index (χ2v) is 7.50. The smallest absolute Gasteiger partial charge is 0.214 e. The molecule has 0 atom stereocenters. The Balaban J connectivity index is 1.64. The summed E-state index contributed by atoms with van der Waals surface area (Å²) in [4.78, 5) is 11.9. The maximum Gasteiger partial charge on any atom is 0.214 e. The average molecular weight is 318 g/mol. The molecule has 22 heavy (non-hydrogen) atoms. The zero-order chi connectivity index (χ0) is 15.7. The van der Waals surface area contributed by atoms with E-state index in [0.717, 1.165) is 35.3 Å². The van der Waals surface area contributed by atoms with Crippen LogP contribution >= 0.6 is 11.3 Å². The lowest BCUT2D eigenvalue weighted by atomic mass is 9.93. The van der Waals surface area contributed by atoms with E-state index in [4.69, 9.17) is 0 Å². The molecule has 0 aliphatic heterocycles. The van der Waals surface area contributed by atoms with E-state index in [0.29, 0.717) is 0 Å². The van der Waals surface area contributed by atoms with Crippen molar-refractivity contribution in [1.29, 1.82) is 0 Å². The standard InChI is InChI=1S/C15H22N6S/c1-15(2,3)12-10-21-13(17-12)22-14(18-21)19(4)7-5-8-20-9-6-16-11-20/h6,9-11H,5,7-8H2,1-4H3. The highest BCUT2D eigenvalue weighted by atomic mass is 32.1. The first-order valence-electron chi connectivity index (χ1n) is 7.47. The lowest BCUT2D eigenvalue weighted by Crippen LogP contribution is -2.19. The van der Waals surface area contributed by atoms with Gasteiger partial charge >= 0.3 is 0 Å². The van der Waals surface area contributed by atoms with Crippen molar-refractivity contribution in [1.82, 2.24) is 24.1 Å². The Hall–Kier alpha value is -1.89. The van der Waals surface area contributed by atoms with Gasteiger partial charge in [0.1, 0.15) is 0 Å². The summed E-state index contributed by atoms with van der Waals surface area (Å²) in [6, 6.07) is 0. The van der Waals surface area contributed by atoms with Crippen LogP contribution in [-0.4, -0.2) is 37.7 Å². The first-order valence-corrected chi connectivity index (χ1v) is 8.29. The van der Waals surface area contributed by atoms with Crippen LogP contribution in [0.1, 0.15) is 32.9 Å². The molecule has 0 saturated carbocycles. The third-order valence-corrected chi connectivity index (χ3v) is 4.63. The summed E-state index contributed by atoms with van der Waals surface area (Å²) in [6.07, 6.45) is 8.75. The highest BCUT2D eigenvalue weighted by Gasteiger charge is 2.20. The van der Waals surface area contributed by atoms with Crippen LogP contribution in [0.2, 0.25) is 0 Å². The van der Waals surface area contributed by atoms with E-state index in [9.17, 15) is 0 Å². The van der Waals surface area contributed by atoms with Crippen molar-refractivity contribution in [2.75, 3.05) is 18.5 Å². The Bertz CT molecular complexity index is 702. The molecule has 7 heteroatoms. The molecular formula is C15H22N6S. The van der Waals surface area contributed by atoms with Gasteiger partial charge in [-0.3, -0.25) is 0 Å².